The number of halogens is 1. The molecule has 0 unspecified atom stereocenters. The number of nitrogens with one attached hydrogen (secondary N) is 1. The van der Waals surface area contributed by atoms with Gasteiger partial charge in [-0.1, -0.05) is 25.4 Å². The molecule has 2 aromatic rings. The van der Waals surface area contributed by atoms with Crippen molar-refractivity contribution in [1.29, 1.82) is 0 Å². The molecule has 0 aliphatic rings. The summed E-state index contributed by atoms with van der Waals surface area (Å²) in [5.74, 6) is 0.253. The highest BCUT2D eigenvalue weighted by atomic mass is 35.5. The van der Waals surface area contributed by atoms with Crippen LogP contribution in [0.15, 0.2) is 41.3 Å². The molecule has 0 saturated carbocycles. The van der Waals surface area contributed by atoms with Crippen LogP contribution in [0.2, 0.25) is 5.02 Å². The van der Waals surface area contributed by atoms with Gasteiger partial charge in [-0.15, -0.1) is 0 Å². The summed E-state index contributed by atoms with van der Waals surface area (Å²) in [7, 11) is -2.30. The zero-order valence-corrected chi connectivity index (χ0v) is 19.3. The van der Waals surface area contributed by atoms with Crippen LogP contribution in [0.3, 0.4) is 0 Å². The van der Waals surface area contributed by atoms with Crippen LogP contribution >= 0.6 is 11.6 Å². The first-order chi connectivity index (χ1) is 14.1. The molecule has 9 heteroatoms. The van der Waals surface area contributed by atoms with Crippen LogP contribution in [-0.2, 0) is 10.0 Å². The Balaban J connectivity index is 2.36. The molecule has 0 bridgehead atoms. The number of carbonyl (C=O) groups excluding carboxylic acids is 1. The fourth-order valence-electron chi connectivity index (χ4n) is 2.86. The van der Waals surface area contributed by atoms with Gasteiger partial charge in [-0.25, -0.2) is 8.42 Å². The van der Waals surface area contributed by atoms with Crippen LogP contribution in [0, 0.1) is 0 Å². The lowest BCUT2D eigenvalue weighted by molar-refractivity contribution is 0.102. The summed E-state index contributed by atoms with van der Waals surface area (Å²) in [5, 5.41) is 3.08. The Morgan fingerprint density at radius 2 is 1.73 bits per heavy atom. The molecule has 0 fully saturated rings. The van der Waals surface area contributed by atoms with Crippen molar-refractivity contribution in [3.63, 3.8) is 0 Å². The number of amides is 1. The Bertz CT molecular complexity index is 1000. The zero-order valence-electron chi connectivity index (χ0n) is 17.7. The Hall–Kier alpha value is -2.29. The number of rotatable bonds is 9. The lowest BCUT2D eigenvalue weighted by Gasteiger charge is -2.19. The second-order valence-electron chi connectivity index (χ2n) is 6.72. The van der Waals surface area contributed by atoms with Gasteiger partial charge in [0.05, 0.1) is 28.7 Å². The molecule has 30 heavy (non-hydrogen) atoms. The number of hydrogen-bond donors (Lipinski definition) is 1. The second-order valence-corrected chi connectivity index (χ2v) is 9.06. The minimum Gasteiger partial charge on any atom is -0.496 e. The minimum absolute atomic E-state index is 0.0239. The van der Waals surface area contributed by atoms with Gasteiger partial charge in [0.1, 0.15) is 11.5 Å². The van der Waals surface area contributed by atoms with Crippen LogP contribution in [0.4, 0.5) is 5.69 Å². The topological polar surface area (TPSA) is 84.9 Å². The van der Waals surface area contributed by atoms with Gasteiger partial charge in [0, 0.05) is 18.8 Å². The van der Waals surface area contributed by atoms with E-state index >= 15 is 0 Å². The molecule has 1 amide bonds. The van der Waals surface area contributed by atoms with Crippen molar-refractivity contribution in [3.8, 4) is 11.5 Å². The summed E-state index contributed by atoms with van der Waals surface area (Å²) < 4.78 is 37.8. The summed E-state index contributed by atoms with van der Waals surface area (Å²) in [6, 6.07) is 9.11. The van der Waals surface area contributed by atoms with Crippen molar-refractivity contribution in [1.82, 2.24) is 4.31 Å². The number of nitrogens with zero attached hydrogens (tertiary/aromatic N) is 1. The predicted molar refractivity (Wildman–Crippen MR) is 118 cm³/mol. The smallest absolute Gasteiger partial charge is 0.259 e. The third-order valence-corrected chi connectivity index (χ3v) is 6.65. The van der Waals surface area contributed by atoms with E-state index in [2.05, 4.69) is 5.32 Å². The molecular weight excluding hydrogens is 428 g/mol. The van der Waals surface area contributed by atoms with Gasteiger partial charge in [-0.2, -0.15) is 4.31 Å². The highest BCUT2D eigenvalue weighted by molar-refractivity contribution is 7.89. The molecule has 0 saturated heterocycles. The number of benzene rings is 2. The molecule has 0 atom stereocenters. The first kappa shape index (κ1) is 24.0. The van der Waals surface area contributed by atoms with Crippen molar-refractivity contribution < 1.29 is 22.7 Å². The molecule has 0 heterocycles. The number of ether oxygens (including phenoxy) is 2. The highest BCUT2D eigenvalue weighted by Crippen LogP contribution is 2.30. The Morgan fingerprint density at radius 1 is 1.10 bits per heavy atom. The lowest BCUT2D eigenvalue weighted by Crippen LogP contribution is -2.30. The molecule has 2 aromatic carbocycles. The zero-order chi connectivity index (χ0) is 22.5. The van der Waals surface area contributed by atoms with Crippen LogP contribution in [0.5, 0.6) is 11.5 Å². The van der Waals surface area contributed by atoms with Crippen molar-refractivity contribution >= 4 is 33.2 Å². The van der Waals surface area contributed by atoms with Crippen molar-refractivity contribution in [2.45, 2.75) is 38.7 Å². The first-order valence-electron chi connectivity index (χ1n) is 9.59. The number of hydrogen-bond acceptors (Lipinski definition) is 5. The molecule has 0 radical (unpaired) electrons. The third-order valence-electron chi connectivity index (χ3n) is 4.31. The quantitative estimate of drug-likeness (QED) is 0.606. The van der Waals surface area contributed by atoms with Crippen LogP contribution < -0.4 is 14.8 Å². The minimum atomic E-state index is -3.72. The van der Waals surface area contributed by atoms with E-state index in [4.69, 9.17) is 21.1 Å². The molecule has 2 rings (SSSR count). The average molecular weight is 455 g/mol. The molecule has 164 valence electrons. The summed E-state index contributed by atoms with van der Waals surface area (Å²) >= 11 is 6.23. The van der Waals surface area contributed by atoms with Gasteiger partial charge in [-0.3, -0.25) is 4.79 Å². The lowest BCUT2D eigenvalue weighted by atomic mass is 10.1. The van der Waals surface area contributed by atoms with Gasteiger partial charge < -0.3 is 14.8 Å². The molecule has 1 N–H and O–H groups in total. The second kappa shape index (κ2) is 10.1. The van der Waals surface area contributed by atoms with E-state index in [1.165, 1.54) is 29.6 Å². The van der Waals surface area contributed by atoms with Crippen molar-refractivity contribution in [2.24, 2.45) is 0 Å². The standard InChI is InChI=1S/C21H27ClN2O5S/c1-6-24(7-2)30(26,27)16-9-11-19(28-5)17(13-16)21(25)23-15-8-10-20(18(22)12-15)29-14(3)4/h8-14H,6-7H2,1-5H3,(H,23,25). The van der Waals surface area contributed by atoms with E-state index in [1.54, 1.807) is 32.0 Å². The highest BCUT2D eigenvalue weighted by Gasteiger charge is 2.24. The monoisotopic (exact) mass is 454 g/mol. The number of carbonyl (C=O) groups is 1. The van der Waals surface area contributed by atoms with E-state index in [1.807, 2.05) is 13.8 Å². The van der Waals surface area contributed by atoms with E-state index in [9.17, 15) is 13.2 Å². The number of methoxy groups -OCH3 is 1. The molecule has 7 nitrogen and oxygen atoms in total. The van der Waals surface area contributed by atoms with E-state index in [0.717, 1.165) is 0 Å². The largest absolute Gasteiger partial charge is 0.496 e. The maximum Gasteiger partial charge on any atom is 0.259 e. The number of anilines is 1. The predicted octanol–water partition coefficient (Wildman–Crippen LogP) is 4.42. The van der Waals surface area contributed by atoms with Crippen molar-refractivity contribution in [3.05, 3.63) is 47.0 Å². The van der Waals surface area contributed by atoms with Gasteiger partial charge in [0.25, 0.3) is 5.91 Å². The summed E-state index contributed by atoms with van der Waals surface area (Å²) in [6.45, 7) is 7.95. The van der Waals surface area contributed by atoms with Gasteiger partial charge in [0.2, 0.25) is 10.0 Å². The van der Waals surface area contributed by atoms with Crippen LogP contribution in [-0.4, -0.2) is 44.9 Å². The van der Waals surface area contributed by atoms with Crippen molar-refractivity contribution in [2.75, 3.05) is 25.5 Å². The molecule has 0 aromatic heterocycles. The fraction of sp³-hybridized carbons (Fsp3) is 0.381. The van der Waals surface area contributed by atoms with Gasteiger partial charge in [-0.05, 0) is 50.2 Å². The average Bonchev–Trinajstić information content (AvgIpc) is 2.70. The van der Waals surface area contributed by atoms with Crippen LogP contribution in [0.25, 0.3) is 0 Å². The fourth-order valence-corrected chi connectivity index (χ4v) is 4.57. The Labute approximate surface area is 183 Å². The third kappa shape index (κ3) is 5.44. The summed E-state index contributed by atoms with van der Waals surface area (Å²) in [6.07, 6.45) is -0.0392. The molecule has 0 spiro atoms. The SMILES string of the molecule is CCN(CC)S(=O)(=O)c1ccc(OC)c(C(=O)Nc2ccc(OC(C)C)c(Cl)c2)c1. The van der Waals surface area contributed by atoms with E-state index < -0.39 is 15.9 Å². The maximum atomic E-state index is 12.9. The molecule has 0 aliphatic carbocycles. The molecular formula is C21H27ClN2O5S. The summed E-state index contributed by atoms with van der Waals surface area (Å²) in [4.78, 5) is 12.9. The van der Waals surface area contributed by atoms with Crippen LogP contribution in [0.1, 0.15) is 38.1 Å². The maximum absolute atomic E-state index is 12.9. The Morgan fingerprint density at radius 3 is 2.27 bits per heavy atom. The van der Waals surface area contributed by atoms with E-state index in [0.29, 0.717) is 29.5 Å². The molecule has 0 aliphatic heterocycles. The van der Waals surface area contributed by atoms with Gasteiger partial charge >= 0.3 is 0 Å². The number of sulfonamides is 1. The Kier molecular flexibility index (Phi) is 8.11. The van der Waals surface area contributed by atoms with E-state index in [-0.39, 0.29) is 22.3 Å². The first-order valence-corrected chi connectivity index (χ1v) is 11.4. The normalized spacial score (nSPS) is 11.6. The summed E-state index contributed by atoms with van der Waals surface area (Å²) in [5.41, 5.74) is 0.546. The van der Waals surface area contributed by atoms with Gasteiger partial charge in [0.15, 0.2) is 0 Å².